The second-order valence-electron chi connectivity index (χ2n) is 21.3. The third kappa shape index (κ3) is 59.7. The minimum Gasteiger partial charge on any atom is -0.462 e. The first kappa shape index (κ1) is 70.8. The number of hydrogen-bond acceptors (Lipinski definition) is 6. The summed E-state index contributed by atoms with van der Waals surface area (Å²) in [5.41, 5.74) is 0. The number of carbonyl (C=O) groups excluding carboxylic acids is 3. The minimum absolute atomic E-state index is 0.0888. The molecule has 0 saturated carbocycles. The monoisotopic (exact) mass is 1030 g/mol. The van der Waals surface area contributed by atoms with Gasteiger partial charge in [0.15, 0.2) is 6.10 Å². The summed E-state index contributed by atoms with van der Waals surface area (Å²) in [5, 5.41) is 0. The molecule has 0 fully saturated rings. The zero-order valence-corrected chi connectivity index (χ0v) is 49.1. The molecular weight excluding hydrogens is 913 g/mol. The highest BCUT2D eigenvalue weighted by atomic mass is 16.6. The molecule has 0 heterocycles. The molecule has 0 aromatic carbocycles. The fourth-order valence-corrected chi connectivity index (χ4v) is 9.17. The van der Waals surface area contributed by atoms with E-state index in [0.29, 0.717) is 19.3 Å². The SMILES string of the molecule is CC/C=C\C/C=C\C/C=C\C/C=C\C/C=C\CCCCCC(=O)OC(COC(=O)CCCCCCC/C=C\CCCCCC)COC(=O)CCCCCCCCCCCCCCCCCCCCCCCCCC. The molecule has 0 spiro atoms. The van der Waals surface area contributed by atoms with Crippen LogP contribution in [0.3, 0.4) is 0 Å². The molecule has 1 unspecified atom stereocenters. The standard InChI is InChI=1S/C68H120O6/c1-4-7-10-13-16-19-22-25-27-29-31-32-33-34-35-37-38-40-43-46-49-52-55-58-61-67(70)73-64-65(63-72-66(69)60-57-54-51-48-45-42-24-21-18-15-12-9-6-3)74-68(71)62-59-56-53-50-47-44-41-39-36-30-28-26-23-20-17-14-11-8-5-2/h8,11,17,20-21,24,26,28,36,39,44,47,65H,4-7,9-10,12-16,18-19,22-23,25,27,29-35,37-38,40-43,45-46,48-64H2,1-3H3/b11-8-,20-17-,24-21-,28-26-,39-36-,47-44-. The van der Waals surface area contributed by atoms with Crippen molar-refractivity contribution < 1.29 is 28.6 Å². The van der Waals surface area contributed by atoms with E-state index in [1.807, 2.05) is 0 Å². The predicted octanol–water partition coefficient (Wildman–Crippen LogP) is 21.7. The Balaban J connectivity index is 4.33. The van der Waals surface area contributed by atoms with Crippen LogP contribution in [0.15, 0.2) is 72.9 Å². The molecule has 0 bridgehead atoms. The van der Waals surface area contributed by atoms with E-state index < -0.39 is 6.10 Å². The van der Waals surface area contributed by atoms with Gasteiger partial charge in [-0.2, -0.15) is 0 Å². The summed E-state index contributed by atoms with van der Waals surface area (Å²) in [6.07, 6.45) is 80.6. The summed E-state index contributed by atoms with van der Waals surface area (Å²) in [6, 6.07) is 0. The van der Waals surface area contributed by atoms with Gasteiger partial charge in [0.25, 0.3) is 0 Å². The summed E-state index contributed by atoms with van der Waals surface area (Å²) in [6.45, 7) is 6.52. The lowest BCUT2D eigenvalue weighted by molar-refractivity contribution is -0.167. The molecule has 0 aliphatic rings. The topological polar surface area (TPSA) is 78.9 Å². The minimum atomic E-state index is -0.796. The number of unbranched alkanes of at least 4 members (excludes halogenated alkanes) is 35. The van der Waals surface area contributed by atoms with E-state index >= 15 is 0 Å². The molecule has 0 aromatic heterocycles. The quantitative estimate of drug-likeness (QED) is 0.0261. The molecule has 1 atom stereocenters. The average Bonchev–Trinajstić information content (AvgIpc) is 3.40. The van der Waals surface area contributed by atoms with Crippen molar-refractivity contribution in [3.63, 3.8) is 0 Å². The Morgan fingerprint density at radius 3 is 0.865 bits per heavy atom. The molecule has 6 heteroatoms. The second-order valence-corrected chi connectivity index (χ2v) is 21.3. The fraction of sp³-hybridized carbons (Fsp3) is 0.779. The molecule has 0 N–H and O–H groups in total. The third-order valence-electron chi connectivity index (χ3n) is 13.9. The van der Waals surface area contributed by atoms with E-state index in [4.69, 9.17) is 14.2 Å². The van der Waals surface area contributed by atoms with E-state index in [2.05, 4.69) is 93.7 Å². The molecule has 0 rings (SSSR count). The van der Waals surface area contributed by atoms with Gasteiger partial charge in [-0.05, 0) is 89.9 Å². The lowest BCUT2D eigenvalue weighted by Crippen LogP contribution is -2.30. The molecule has 6 nitrogen and oxygen atoms in total. The van der Waals surface area contributed by atoms with Gasteiger partial charge in [0.1, 0.15) is 13.2 Å². The van der Waals surface area contributed by atoms with Crippen LogP contribution in [0.5, 0.6) is 0 Å². The molecule has 0 aliphatic heterocycles. The van der Waals surface area contributed by atoms with Gasteiger partial charge in [0.2, 0.25) is 0 Å². The van der Waals surface area contributed by atoms with Crippen LogP contribution in [-0.2, 0) is 28.6 Å². The Kier molecular flexibility index (Phi) is 59.7. The molecular formula is C68H120O6. The lowest BCUT2D eigenvalue weighted by atomic mass is 10.0. The Hall–Kier alpha value is -3.15. The van der Waals surface area contributed by atoms with Crippen LogP contribution in [0.2, 0.25) is 0 Å². The number of rotatable bonds is 58. The average molecular weight is 1030 g/mol. The maximum Gasteiger partial charge on any atom is 0.306 e. The van der Waals surface area contributed by atoms with Crippen LogP contribution in [0.4, 0.5) is 0 Å². The van der Waals surface area contributed by atoms with Crippen molar-refractivity contribution in [1.29, 1.82) is 0 Å². The number of esters is 3. The zero-order valence-electron chi connectivity index (χ0n) is 49.1. The Bertz CT molecular complexity index is 1370. The number of ether oxygens (including phenoxy) is 3. The summed E-state index contributed by atoms with van der Waals surface area (Å²) < 4.78 is 16.9. The second kappa shape index (κ2) is 62.4. The van der Waals surface area contributed by atoms with Crippen molar-refractivity contribution in [2.75, 3.05) is 13.2 Å². The van der Waals surface area contributed by atoms with Crippen LogP contribution in [0.1, 0.15) is 323 Å². The first-order valence-electron chi connectivity index (χ1n) is 31.9. The van der Waals surface area contributed by atoms with E-state index in [0.717, 1.165) is 103 Å². The van der Waals surface area contributed by atoms with Gasteiger partial charge in [-0.15, -0.1) is 0 Å². The van der Waals surface area contributed by atoms with Crippen molar-refractivity contribution in [1.82, 2.24) is 0 Å². The molecule has 0 aliphatic carbocycles. The number of allylic oxidation sites excluding steroid dienone is 12. The maximum atomic E-state index is 12.9. The highest BCUT2D eigenvalue weighted by Gasteiger charge is 2.19. The van der Waals surface area contributed by atoms with Crippen molar-refractivity contribution in [3.05, 3.63) is 72.9 Å². The van der Waals surface area contributed by atoms with Crippen molar-refractivity contribution in [3.8, 4) is 0 Å². The zero-order chi connectivity index (χ0) is 53.6. The molecule has 0 saturated heterocycles. The highest BCUT2D eigenvalue weighted by Crippen LogP contribution is 2.17. The number of carbonyl (C=O) groups is 3. The molecule has 428 valence electrons. The normalized spacial score (nSPS) is 12.5. The summed E-state index contributed by atoms with van der Waals surface area (Å²) in [5.74, 6) is -0.916. The van der Waals surface area contributed by atoms with Crippen LogP contribution in [-0.4, -0.2) is 37.2 Å². The van der Waals surface area contributed by atoms with E-state index in [-0.39, 0.29) is 31.1 Å². The Morgan fingerprint density at radius 1 is 0.284 bits per heavy atom. The van der Waals surface area contributed by atoms with E-state index in [1.54, 1.807) is 0 Å². The van der Waals surface area contributed by atoms with Crippen molar-refractivity contribution in [2.24, 2.45) is 0 Å². The van der Waals surface area contributed by atoms with Gasteiger partial charge in [0, 0.05) is 19.3 Å². The van der Waals surface area contributed by atoms with Gasteiger partial charge in [0.05, 0.1) is 0 Å². The van der Waals surface area contributed by atoms with E-state index in [9.17, 15) is 14.4 Å². The molecule has 0 aromatic rings. The number of hydrogen-bond donors (Lipinski definition) is 0. The molecule has 0 amide bonds. The van der Waals surface area contributed by atoms with Crippen LogP contribution in [0.25, 0.3) is 0 Å². The van der Waals surface area contributed by atoms with Gasteiger partial charge in [-0.1, -0.05) is 286 Å². The summed E-state index contributed by atoms with van der Waals surface area (Å²) >= 11 is 0. The summed E-state index contributed by atoms with van der Waals surface area (Å²) in [7, 11) is 0. The third-order valence-corrected chi connectivity index (χ3v) is 13.9. The first-order chi connectivity index (χ1) is 36.5. The highest BCUT2D eigenvalue weighted by molar-refractivity contribution is 5.71. The Morgan fingerprint density at radius 2 is 0.527 bits per heavy atom. The molecule has 74 heavy (non-hydrogen) atoms. The Labute approximate surface area is 459 Å². The van der Waals surface area contributed by atoms with Gasteiger partial charge < -0.3 is 14.2 Å². The maximum absolute atomic E-state index is 12.9. The van der Waals surface area contributed by atoms with Crippen molar-refractivity contribution in [2.45, 2.75) is 329 Å². The van der Waals surface area contributed by atoms with Crippen LogP contribution < -0.4 is 0 Å². The van der Waals surface area contributed by atoms with Crippen molar-refractivity contribution >= 4 is 17.9 Å². The first-order valence-corrected chi connectivity index (χ1v) is 31.9. The smallest absolute Gasteiger partial charge is 0.306 e. The van der Waals surface area contributed by atoms with Crippen LogP contribution in [0, 0.1) is 0 Å². The fourth-order valence-electron chi connectivity index (χ4n) is 9.17. The largest absolute Gasteiger partial charge is 0.462 e. The predicted molar refractivity (Wildman–Crippen MR) is 321 cm³/mol. The summed E-state index contributed by atoms with van der Waals surface area (Å²) in [4.78, 5) is 38.3. The van der Waals surface area contributed by atoms with Gasteiger partial charge in [-0.3, -0.25) is 14.4 Å². The van der Waals surface area contributed by atoms with Gasteiger partial charge in [-0.25, -0.2) is 0 Å². The molecule has 0 radical (unpaired) electrons. The van der Waals surface area contributed by atoms with Crippen LogP contribution >= 0.6 is 0 Å². The van der Waals surface area contributed by atoms with E-state index in [1.165, 1.54) is 180 Å². The van der Waals surface area contributed by atoms with Gasteiger partial charge >= 0.3 is 17.9 Å². The lowest BCUT2D eigenvalue weighted by Gasteiger charge is -2.18.